The van der Waals surface area contributed by atoms with Gasteiger partial charge in [-0.3, -0.25) is 14.4 Å². The van der Waals surface area contributed by atoms with Gasteiger partial charge in [-0.1, -0.05) is 48.5 Å². The monoisotopic (exact) mass is 409 g/mol. The number of para-hydroxylation sites is 1. The molecule has 31 heavy (non-hydrogen) atoms. The number of ketones is 2. The van der Waals surface area contributed by atoms with Gasteiger partial charge in [0.05, 0.1) is 28.3 Å². The largest absolute Gasteiger partial charge is 0.545 e. The van der Waals surface area contributed by atoms with Gasteiger partial charge in [0.1, 0.15) is 5.69 Å². The maximum atomic E-state index is 13.3. The van der Waals surface area contributed by atoms with Crippen LogP contribution in [0.4, 0.5) is 5.69 Å². The molecule has 0 saturated heterocycles. The van der Waals surface area contributed by atoms with Crippen molar-refractivity contribution in [1.29, 1.82) is 0 Å². The number of hydrogen-bond donors (Lipinski definition) is 1. The second kappa shape index (κ2) is 6.77. The van der Waals surface area contributed by atoms with Crippen molar-refractivity contribution in [3.05, 3.63) is 106 Å². The molecule has 0 saturated carbocycles. The van der Waals surface area contributed by atoms with Crippen molar-refractivity contribution in [3.63, 3.8) is 0 Å². The van der Waals surface area contributed by atoms with E-state index in [0.717, 1.165) is 0 Å². The molecule has 1 aliphatic rings. The maximum Gasteiger partial charge on any atom is 0.258 e. The molecule has 0 fully saturated rings. The molecule has 2 heterocycles. The average Bonchev–Trinajstić information content (AvgIpc) is 3.13. The molecule has 2 aromatic carbocycles. The summed E-state index contributed by atoms with van der Waals surface area (Å²) in [4.78, 5) is 51.2. The maximum absolute atomic E-state index is 13.3. The van der Waals surface area contributed by atoms with Gasteiger partial charge >= 0.3 is 0 Å². The SMILES string of the molecule is O=C([O-])c1ccccc1NC(=O)c1c2c(n3ccccc13)C(=O)c1ccccc1C2=O. The number of nitrogens with one attached hydrogen (secondary N) is 1. The van der Waals surface area contributed by atoms with Crippen LogP contribution in [0.2, 0.25) is 0 Å². The highest BCUT2D eigenvalue weighted by atomic mass is 16.4. The second-order valence-electron chi connectivity index (χ2n) is 7.05. The number of pyridine rings is 1. The molecule has 7 heteroatoms. The molecule has 0 unspecified atom stereocenters. The van der Waals surface area contributed by atoms with Gasteiger partial charge in [-0.15, -0.1) is 0 Å². The van der Waals surface area contributed by atoms with Crippen LogP contribution in [0.1, 0.15) is 52.7 Å². The Morgan fingerprint density at radius 2 is 1.45 bits per heavy atom. The van der Waals surface area contributed by atoms with Crippen LogP contribution < -0.4 is 10.4 Å². The van der Waals surface area contributed by atoms with Crippen LogP contribution in [0, 0.1) is 0 Å². The Bertz CT molecular complexity index is 1450. The van der Waals surface area contributed by atoms with Gasteiger partial charge in [-0.2, -0.15) is 0 Å². The fourth-order valence-electron chi connectivity index (χ4n) is 3.98. The number of carbonyl (C=O) groups is 4. The number of carboxylic acid groups (broad SMARTS) is 1. The van der Waals surface area contributed by atoms with E-state index in [4.69, 9.17) is 0 Å². The van der Waals surface area contributed by atoms with Crippen LogP contribution in [-0.4, -0.2) is 27.8 Å². The van der Waals surface area contributed by atoms with Crippen LogP contribution in [0.3, 0.4) is 0 Å². The van der Waals surface area contributed by atoms with Gasteiger partial charge in [0, 0.05) is 22.9 Å². The fourth-order valence-corrected chi connectivity index (χ4v) is 3.98. The van der Waals surface area contributed by atoms with E-state index in [1.807, 2.05) is 0 Å². The first-order valence-corrected chi connectivity index (χ1v) is 9.42. The van der Waals surface area contributed by atoms with E-state index in [1.54, 1.807) is 54.7 Å². The smallest absolute Gasteiger partial charge is 0.258 e. The highest BCUT2D eigenvalue weighted by Gasteiger charge is 2.37. The Balaban J connectivity index is 1.73. The predicted molar refractivity (Wildman–Crippen MR) is 109 cm³/mol. The molecule has 0 bridgehead atoms. The Labute approximate surface area is 175 Å². The fraction of sp³-hybridized carbons (Fsp3) is 0. The van der Waals surface area contributed by atoms with Gasteiger partial charge in [0.15, 0.2) is 5.78 Å². The summed E-state index contributed by atoms with van der Waals surface area (Å²) in [5.41, 5.74) is 0.822. The third-order valence-corrected chi connectivity index (χ3v) is 5.32. The first kappa shape index (κ1) is 18.5. The lowest BCUT2D eigenvalue weighted by Gasteiger charge is -2.16. The summed E-state index contributed by atoms with van der Waals surface area (Å²) in [5.74, 6) is -2.94. The number of aromatic nitrogens is 1. The van der Waals surface area contributed by atoms with Crippen molar-refractivity contribution in [2.45, 2.75) is 0 Å². The lowest BCUT2D eigenvalue weighted by atomic mass is 9.86. The lowest BCUT2D eigenvalue weighted by molar-refractivity contribution is -0.254. The number of anilines is 1. The molecular weight excluding hydrogens is 396 g/mol. The van der Waals surface area contributed by atoms with Gasteiger partial charge in [-0.25, -0.2) is 0 Å². The molecule has 7 nitrogen and oxygen atoms in total. The standard InChI is InChI=1S/C24H14N2O5/c27-21-13-7-1-2-8-14(13)22(28)20-19(21)18(17-11-5-6-12-26(17)20)23(29)25-16-10-4-3-9-15(16)24(30)31/h1-12H,(H,25,29)(H,30,31)/p-1. The molecule has 0 spiro atoms. The number of carboxylic acids is 1. The summed E-state index contributed by atoms with van der Waals surface area (Å²) in [7, 11) is 0. The third kappa shape index (κ3) is 2.67. The summed E-state index contributed by atoms with van der Waals surface area (Å²) in [6, 6.07) is 17.3. The van der Waals surface area contributed by atoms with Crippen LogP contribution in [0.5, 0.6) is 0 Å². The molecule has 4 aromatic rings. The normalized spacial score (nSPS) is 12.4. The molecule has 2 aromatic heterocycles. The van der Waals surface area contributed by atoms with E-state index < -0.39 is 17.7 Å². The van der Waals surface area contributed by atoms with Crippen molar-refractivity contribution in [3.8, 4) is 0 Å². The molecule has 0 radical (unpaired) electrons. The van der Waals surface area contributed by atoms with E-state index in [9.17, 15) is 24.3 Å². The molecule has 0 atom stereocenters. The number of nitrogens with zero attached hydrogens (tertiary/aromatic N) is 1. The zero-order valence-corrected chi connectivity index (χ0v) is 15.9. The quantitative estimate of drug-likeness (QED) is 0.492. The Kier molecular flexibility index (Phi) is 4.04. The minimum Gasteiger partial charge on any atom is -0.545 e. The predicted octanol–water partition coefficient (Wildman–Crippen LogP) is 2.33. The molecule has 0 aliphatic heterocycles. The van der Waals surface area contributed by atoms with Crippen molar-refractivity contribution in [1.82, 2.24) is 4.40 Å². The highest BCUT2D eigenvalue weighted by Crippen LogP contribution is 2.34. The summed E-state index contributed by atoms with van der Waals surface area (Å²) in [5, 5.41) is 14.0. The van der Waals surface area contributed by atoms with Gasteiger partial charge < -0.3 is 19.6 Å². The molecule has 150 valence electrons. The van der Waals surface area contributed by atoms with E-state index in [0.29, 0.717) is 5.52 Å². The van der Waals surface area contributed by atoms with Gasteiger partial charge in [-0.05, 0) is 18.2 Å². The molecule has 5 rings (SSSR count). The first-order valence-electron chi connectivity index (χ1n) is 9.42. The molecule has 1 amide bonds. The zero-order valence-electron chi connectivity index (χ0n) is 15.9. The van der Waals surface area contributed by atoms with Gasteiger partial charge in [0.2, 0.25) is 5.78 Å². The number of benzene rings is 2. The first-order chi connectivity index (χ1) is 15.0. The van der Waals surface area contributed by atoms with E-state index in [-0.39, 0.29) is 45.0 Å². The van der Waals surface area contributed by atoms with E-state index in [2.05, 4.69) is 5.32 Å². The van der Waals surface area contributed by atoms with Crippen molar-refractivity contribution in [2.24, 2.45) is 0 Å². The summed E-state index contributed by atoms with van der Waals surface area (Å²) in [6.45, 7) is 0. The highest BCUT2D eigenvalue weighted by molar-refractivity contribution is 6.33. The van der Waals surface area contributed by atoms with Crippen LogP contribution in [0.15, 0.2) is 72.9 Å². The number of hydrogen-bond acceptors (Lipinski definition) is 5. The number of amides is 1. The average molecular weight is 409 g/mol. The minimum atomic E-state index is -1.44. The summed E-state index contributed by atoms with van der Waals surface area (Å²) < 4.78 is 1.52. The zero-order chi connectivity index (χ0) is 21.7. The Morgan fingerprint density at radius 1 is 0.806 bits per heavy atom. The van der Waals surface area contributed by atoms with Crippen molar-refractivity contribution >= 4 is 34.6 Å². The summed E-state index contributed by atoms with van der Waals surface area (Å²) >= 11 is 0. The van der Waals surface area contributed by atoms with Crippen molar-refractivity contribution < 1.29 is 24.3 Å². The van der Waals surface area contributed by atoms with Crippen LogP contribution in [-0.2, 0) is 0 Å². The third-order valence-electron chi connectivity index (χ3n) is 5.32. The van der Waals surface area contributed by atoms with E-state index >= 15 is 0 Å². The van der Waals surface area contributed by atoms with Crippen LogP contribution in [0.25, 0.3) is 5.52 Å². The van der Waals surface area contributed by atoms with E-state index in [1.165, 1.54) is 22.6 Å². The number of aromatic carboxylic acids is 1. The lowest BCUT2D eigenvalue weighted by Crippen LogP contribution is -2.26. The number of carbonyl (C=O) groups excluding carboxylic acids is 4. The van der Waals surface area contributed by atoms with Gasteiger partial charge in [0.25, 0.3) is 5.91 Å². The minimum absolute atomic E-state index is 0.00155. The molecule has 1 N–H and O–H groups in total. The Morgan fingerprint density at radius 3 is 2.19 bits per heavy atom. The van der Waals surface area contributed by atoms with Crippen molar-refractivity contribution in [2.75, 3.05) is 5.32 Å². The number of rotatable bonds is 3. The summed E-state index contributed by atoms with van der Waals surface area (Å²) in [6.07, 6.45) is 1.61. The number of fused-ring (bicyclic) bond motifs is 4. The Hall–Kier alpha value is -4.52. The molecule has 1 aliphatic carbocycles. The van der Waals surface area contributed by atoms with Crippen LogP contribution >= 0.6 is 0 Å². The molecular formula is C24H13N2O5-. The topological polar surface area (TPSA) is 108 Å². The second-order valence-corrected chi connectivity index (χ2v) is 7.05.